The van der Waals surface area contributed by atoms with Gasteiger partial charge in [0.1, 0.15) is 18.0 Å². The van der Waals surface area contributed by atoms with Gasteiger partial charge in [-0.3, -0.25) is 14.5 Å². The zero-order valence-electron chi connectivity index (χ0n) is 21.4. The summed E-state index contributed by atoms with van der Waals surface area (Å²) >= 11 is 0. The first-order valence-corrected chi connectivity index (χ1v) is 12.6. The molecule has 196 valence electrons. The molecule has 37 heavy (non-hydrogen) atoms. The first kappa shape index (κ1) is 24.9. The number of aryl methyl sites for hydroxylation is 1. The maximum Gasteiger partial charge on any atom is 0.337 e. The predicted octanol–water partition coefficient (Wildman–Crippen LogP) is 3.08. The van der Waals surface area contributed by atoms with Crippen molar-refractivity contribution < 1.29 is 23.9 Å². The van der Waals surface area contributed by atoms with Crippen molar-refractivity contribution >= 4 is 23.5 Å². The van der Waals surface area contributed by atoms with Crippen LogP contribution in [0.5, 0.6) is 11.5 Å². The van der Waals surface area contributed by atoms with Crippen LogP contribution in [0.25, 0.3) is 0 Å². The molecule has 1 saturated carbocycles. The van der Waals surface area contributed by atoms with E-state index in [2.05, 4.69) is 10.7 Å². The van der Waals surface area contributed by atoms with Crippen molar-refractivity contribution in [1.29, 1.82) is 0 Å². The Kier molecular flexibility index (Phi) is 6.92. The van der Waals surface area contributed by atoms with Gasteiger partial charge in [-0.05, 0) is 25.3 Å². The minimum atomic E-state index is -0.634. The largest absolute Gasteiger partial charge is 0.497 e. The van der Waals surface area contributed by atoms with Crippen molar-refractivity contribution in [3.63, 3.8) is 0 Å². The van der Waals surface area contributed by atoms with Crippen LogP contribution in [0.4, 0.5) is 10.5 Å². The molecule has 5 rings (SSSR count). The van der Waals surface area contributed by atoms with Gasteiger partial charge in [0.05, 0.1) is 20.1 Å². The van der Waals surface area contributed by atoms with E-state index in [0.717, 1.165) is 36.8 Å². The summed E-state index contributed by atoms with van der Waals surface area (Å²) in [6, 6.07) is 12.6. The molecule has 0 bridgehead atoms. The van der Waals surface area contributed by atoms with Crippen molar-refractivity contribution in [1.82, 2.24) is 20.2 Å². The SMILES string of the molecule is COc1cc(NC(=O)CN2NC3N(Cc4ccc(C)cc4)C(=O)C4CCCCC4N3C2=O)cc(OC)c1. The molecule has 2 aromatic carbocycles. The number of anilines is 1. The third-order valence-electron chi connectivity index (χ3n) is 7.38. The third kappa shape index (κ3) is 4.93. The highest BCUT2D eigenvalue weighted by molar-refractivity contribution is 5.95. The average molecular weight is 508 g/mol. The molecule has 0 radical (unpaired) electrons. The summed E-state index contributed by atoms with van der Waals surface area (Å²) in [6.45, 7) is 2.19. The minimum absolute atomic E-state index is 0.0570. The third-order valence-corrected chi connectivity index (χ3v) is 7.38. The fourth-order valence-electron chi connectivity index (χ4n) is 5.50. The van der Waals surface area contributed by atoms with Gasteiger partial charge in [-0.2, -0.15) is 5.43 Å². The molecular weight excluding hydrogens is 474 g/mol. The summed E-state index contributed by atoms with van der Waals surface area (Å²) < 4.78 is 10.5. The lowest BCUT2D eigenvalue weighted by Crippen LogP contribution is -2.65. The normalized spacial score (nSPS) is 23.0. The molecule has 2 heterocycles. The van der Waals surface area contributed by atoms with E-state index in [-0.39, 0.29) is 36.3 Å². The molecular formula is C27H33N5O5. The smallest absolute Gasteiger partial charge is 0.337 e. The van der Waals surface area contributed by atoms with Gasteiger partial charge in [0.15, 0.2) is 6.29 Å². The fraction of sp³-hybridized carbons (Fsp3) is 0.444. The highest BCUT2D eigenvalue weighted by atomic mass is 16.5. The monoisotopic (exact) mass is 507 g/mol. The molecule has 3 unspecified atom stereocenters. The van der Waals surface area contributed by atoms with Gasteiger partial charge in [0.25, 0.3) is 0 Å². The van der Waals surface area contributed by atoms with E-state index in [1.54, 1.807) is 28.0 Å². The lowest BCUT2D eigenvalue weighted by Gasteiger charge is -2.48. The van der Waals surface area contributed by atoms with Crippen molar-refractivity contribution in [3.05, 3.63) is 53.6 Å². The van der Waals surface area contributed by atoms with Gasteiger partial charge in [0.2, 0.25) is 11.8 Å². The number of ether oxygens (including phenoxy) is 2. The quantitative estimate of drug-likeness (QED) is 0.597. The van der Waals surface area contributed by atoms with Gasteiger partial charge >= 0.3 is 6.03 Å². The fourth-order valence-corrected chi connectivity index (χ4v) is 5.50. The Bertz CT molecular complexity index is 1160. The van der Waals surface area contributed by atoms with Gasteiger partial charge in [-0.1, -0.05) is 42.7 Å². The topological polar surface area (TPSA) is 103 Å². The van der Waals surface area contributed by atoms with E-state index in [0.29, 0.717) is 23.7 Å². The molecule has 0 spiro atoms. The molecule has 3 atom stereocenters. The first-order valence-electron chi connectivity index (χ1n) is 12.6. The van der Waals surface area contributed by atoms with E-state index < -0.39 is 6.29 Å². The number of urea groups is 1. The van der Waals surface area contributed by atoms with Gasteiger partial charge in [0, 0.05) is 36.5 Å². The van der Waals surface area contributed by atoms with Crippen LogP contribution in [0.1, 0.15) is 36.8 Å². The Hall–Kier alpha value is -3.79. The maximum absolute atomic E-state index is 13.6. The van der Waals surface area contributed by atoms with Crippen molar-refractivity contribution in [3.8, 4) is 11.5 Å². The molecule has 3 aliphatic rings. The Morgan fingerprint density at radius 3 is 2.38 bits per heavy atom. The lowest BCUT2D eigenvalue weighted by molar-refractivity contribution is -0.157. The summed E-state index contributed by atoms with van der Waals surface area (Å²) in [6.07, 6.45) is 2.86. The summed E-state index contributed by atoms with van der Waals surface area (Å²) in [5.41, 5.74) is 5.78. The number of amides is 4. The summed E-state index contributed by atoms with van der Waals surface area (Å²) in [5, 5.41) is 4.12. The van der Waals surface area contributed by atoms with Crippen LogP contribution in [0, 0.1) is 12.8 Å². The van der Waals surface area contributed by atoms with Crippen LogP contribution in [0.15, 0.2) is 42.5 Å². The average Bonchev–Trinajstić information content (AvgIpc) is 3.22. The summed E-state index contributed by atoms with van der Waals surface area (Å²) in [7, 11) is 3.07. The van der Waals surface area contributed by atoms with E-state index in [1.807, 2.05) is 31.2 Å². The highest BCUT2D eigenvalue weighted by Gasteiger charge is 2.54. The Morgan fingerprint density at radius 2 is 1.70 bits per heavy atom. The van der Waals surface area contributed by atoms with Crippen LogP contribution >= 0.6 is 0 Å². The molecule has 2 aromatic rings. The Balaban J connectivity index is 1.35. The molecule has 0 aromatic heterocycles. The van der Waals surface area contributed by atoms with E-state index in [1.165, 1.54) is 19.2 Å². The number of nitrogens with one attached hydrogen (secondary N) is 2. The second-order valence-electron chi connectivity index (χ2n) is 9.84. The zero-order valence-corrected chi connectivity index (χ0v) is 21.4. The van der Waals surface area contributed by atoms with E-state index in [9.17, 15) is 14.4 Å². The van der Waals surface area contributed by atoms with Crippen LogP contribution < -0.4 is 20.2 Å². The standard InChI is InChI=1S/C27H33N5O5/c1-17-8-10-18(11-9-17)15-30-25(34)22-6-4-5-7-23(22)32-26(30)29-31(27(32)35)16-24(33)28-19-12-20(36-2)14-21(13-19)37-3/h8-14,22-23,26,29H,4-7,15-16H2,1-3H3,(H,28,33). The number of fused-ring (bicyclic) bond motifs is 3. The second-order valence-corrected chi connectivity index (χ2v) is 9.84. The highest BCUT2D eigenvalue weighted by Crippen LogP contribution is 2.38. The summed E-state index contributed by atoms with van der Waals surface area (Å²) in [4.78, 5) is 43.6. The number of hydrogen-bond acceptors (Lipinski definition) is 6. The van der Waals surface area contributed by atoms with Crippen molar-refractivity contribution in [2.45, 2.75) is 51.5 Å². The molecule has 2 aliphatic heterocycles. The molecule has 10 nitrogen and oxygen atoms in total. The lowest BCUT2D eigenvalue weighted by atomic mass is 9.81. The number of rotatable bonds is 7. The van der Waals surface area contributed by atoms with Crippen LogP contribution in [0.3, 0.4) is 0 Å². The van der Waals surface area contributed by atoms with E-state index in [4.69, 9.17) is 9.47 Å². The van der Waals surface area contributed by atoms with Crippen LogP contribution in [-0.4, -0.2) is 65.8 Å². The van der Waals surface area contributed by atoms with Crippen molar-refractivity contribution in [2.24, 2.45) is 5.92 Å². The number of benzene rings is 2. The Morgan fingerprint density at radius 1 is 1.03 bits per heavy atom. The number of nitrogens with zero attached hydrogens (tertiary/aromatic N) is 3. The number of carbonyl (C=O) groups excluding carboxylic acids is 3. The molecule has 2 saturated heterocycles. The maximum atomic E-state index is 13.6. The number of hydrazine groups is 1. The number of carbonyl (C=O) groups is 3. The molecule has 2 N–H and O–H groups in total. The molecule has 10 heteroatoms. The van der Waals surface area contributed by atoms with E-state index >= 15 is 0 Å². The number of methoxy groups -OCH3 is 2. The van der Waals surface area contributed by atoms with Crippen LogP contribution in [0.2, 0.25) is 0 Å². The first-order chi connectivity index (χ1) is 17.9. The molecule has 4 amide bonds. The Labute approximate surface area is 216 Å². The van der Waals surface area contributed by atoms with Gasteiger partial charge in [-0.25, -0.2) is 9.80 Å². The van der Waals surface area contributed by atoms with Gasteiger partial charge in [-0.15, -0.1) is 0 Å². The van der Waals surface area contributed by atoms with Crippen molar-refractivity contribution in [2.75, 3.05) is 26.1 Å². The zero-order chi connectivity index (χ0) is 26.1. The van der Waals surface area contributed by atoms with Crippen LogP contribution in [-0.2, 0) is 16.1 Å². The minimum Gasteiger partial charge on any atom is -0.497 e. The summed E-state index contributed by atoms with van der Waals surface area (Å²) in [5.74, 6) is 0.528. The van der Waals surface area contributed by atoms with Gasteiger partial charge < -0.3 is 19.7 Å². The molecule has 3 fully saturated rings. The predicted molar refractivity (Wildman–Crippen MR) is 137 cm³/mol. The number of hydrogen-bond donors (Lipinski definition) is 2. The second kappa shape index (κ2) is 10.3. The molecule has 1 aliphatic carbocycles.